The summed E-state index contributed by atoms with van der Waals surface area (Å²) < 4.78 is 23.1. The molecule has 25 heavy (non-hydrogen) atoms. The minimum Gasteiger partial charge on any atom is -0.493 e. The van der Waals surface area contributed by atoms with E-state index in [1.54, 1.807) is 20.3 Å². The van der Waals surface area contributed by atoms with E-state index < -0.39 is 23.8 Å². The average Bonchev–Trinajstić information content (AvgIpc) is 2.74. The minimum atomic E-state index is -0.892. The molecule has 2 rings (SSSR count). The summed E-state index contributed by atoms with van der Waals surface area (Å²) in [5.74, 6) is 1.02. The first-order chi connectivity index (χ1) is 11.5. The van der Waals surface area contributed by atoms with Gasteiger partial charge in [-0.15, -0.1) is 0 Å². The van der Waals surface area contributed by atoms with E-state index in [9.17, 15) is 4.79 Å². The summed E-state index contributed by atoms with van der Waals surface area (Å²) in [4.78, 5) is 11.9. The number of amides is 1. The van der Waals surface area contributed by atoms with Crippen molar-refractivity contribution in [1.82, 2.24) is 5.32 Å². The molecule has 0 bridgehead atoms. The third-order valence-electron chi connectivity index (χ3n) is 5.14. The Labute approximate surface area is 150 Å². The molecule has 0 aliphatic carbocycles. The topological polar surface area (TPSA) is 66.0 Å². The van der Waals surface area contributed by atoms with Gasteiger partial charge in [-0.1, -0.05) is 6.07 Å². The van der Waals surface area contributed by atoms with Crippen molar-refractivity contribution < 1.29 is 23.6 Å². The van der Waals surface area contributed by atoms with Crippen molar-refractivity contribution in [1.29, 1.82) is 0 Å². The number of hydrogen-bond acceptors (Lipinski definition) is 5. The van der Waals surface area contributed by atoms with Crippen molar-refractivity contribution >= 4 is 13.0 Å². The van der Waals surface area contributed by atoms with E-state index in [2.05, 4.69) is 5.32 Å². The number of carbonyl (C=O) groups excluding carboxylic acids is 1. The number of methoxy groups -OCH3 is 2. The molecule has 1 aromatic rings. The highest BCUT2D eigenvalue weighted by atomic mass is 16.7. The lowest BCUT2D eigenvalue weighted by Gasteiger charge is -2.33. The first-order valence-electron chi connectivity index (χ1n) is 8.34. The Bertz CT molecular complexity index is 645. The van der Waals surface area contributed by atoms with E-state index in [1.807, 2.05) is 46.8 Å². The molecule has 0 radical (unpaired) electrons. The van der Waals surface area contributed by atoms with Gasteiger partial charge in [0.25, 0.3) is 0 Å². The molecular formula is C18H28BNO5. The first-order valence-corrected chi connectivity index (χ1v) is 8.34. The highest BCUT2D eigenvalue weighted by molar-refractivity contribution is 6.50. The molecule has 7 heteroatoms. The second-order valence-corrected chi connectivity index (χ2v) is 7.54. The van der Waals surface area contributed by atoms with Crippen LogP contribution in [0.5, 0.6) is 11.5 Å². The molecule has 1 saturated heterocycles. The lowest BCUT2D eigenvalue weighted by molar-refractivity contribution is -0.120. The van der Waals surface area contributed by atoms with Gasteiger partial charge in [-0.25, -0.2) is 0 Å². The molecule has 1 unspecified atom stereocenters. The predicted molar refractivity (Wildman–Crippen MR) is 96.8 cm³/mol. The number of rotatable bonds is 5. The third-order valence-corrected chi connectivity index (χ3v) is 5.14. The zero-order valence-electron chi connectivity index (χ0n) is 16.4. The van der Waals surface area contributed by atoms with Crippen LogP contribution in [0.15, 0.2) is 18.2 Å². The Balaban J connectivity index is 2.51. The number of benzene rings is 1. The SMILES string of the molecule is COc1ccc(C(C)(NC(C)=O)B2OC(C)(C)C(C)(C)O2)cc1OC. The van der Waals surface area contributed by atoms with Gasteiger partial charge >= 0.3 is 7.12 Å². The summed E-state index contributed by atoms with van der Waals surface area (Å²) in [5.41, 5.74) is -1.10. The monoisotopic (exact) mass is 349 g/mol. The van der Waals surface area contributed by atoms with Crippen molar-refractivity contribution in [2.75, 3.05) is 14.2 Å². The summed E-state index contributed by atoms with van der Waals surface area (Å²) in [5, 5.41) is 2.99. The van der Waals surface area contributed by atoms with Crippen molar-refractivity contribution in [3.8, 4) is 11.5 Å². The molecule has 0 aromatic heterocycles. The van der Waals surface area contributed by atoms with Gasteiger partial charge in [0.2, 0.25) is 5.91 Å². The Morgan fingerprint density at radius 3 is 2.04 bits per heavy atom. The van der Waals surface area contributed by atoms with E-state index in [4.69, 9.17) is 18.8 Å². The van der Waals surface area contributed by atoms with Gasteiger partial charge in [0, 0.05) is 6.92 Å². The molecule has 1 aliphatic heterocycles. The molecule has 138 valence electrons. The van der Waals surface area contributed by atoms with Crippen LogP contribution in [0.4, 0.5) is 0 Å². The van der Waals surface area contributed by atoms with E-state index in [1.165, 1.54) is 6.92 Å². The summed E-state index contributed by atoms with van der Waals surface area (Å²) >= 11 is 0. The van der Waals surface area contributed by atoms with E-state index in [0.29, 0.717) is 11.5 Å². The van der Waals surface area contributed by atoms with Gasteiger partial charge < -0.3 is 24.1 Å². The fraction of sp³-hybridized carbons (Fsp3) is 0.611. The van der Waals surface area contributed by atoms with Crippen LogP contribution in [-0.2, 0) is 19.5 Å². The highest BCUT2D eigenvalue weighted by Gasteiger charge is 2.59. The van der Waals surface area contributed by atoms with Gasteiger partial charge in [0.05, 0.1) is 30.9 Å². The van der Waals surface area contributed by atoms with Crippen LogP contribution in [0.25, 0.3) is 0 Å². The van der Waals surface area contributed by atoms with Crippen molar-refractivity contribution in [2.24, 2.45) is 0 Å². The van der Waals surface area contributed by atoms with Crippen LogP contribution in [0.3, 0.4) is 0 Å². The Morgan fingerprint density at radius 2 is 1.60 bits per heavy atom. The van der Waals surface area contributed by atoms with E-state index in [-0.39, 0.29) is 5.91 Å². The molecule has 1 heterocycles. The number of nitrogens with one attached hydrogen (secondary N) is 1. The molecule has 1 fully saturated rings. The molecule has 1 amide bonds. The van der Waals surface area contributed by atoms with Crippen LogP contribution in [0.2, 0.25) is 0 Å². The largest absolute Gasteiger partial charge is 0.493 e. The van der Waals surface area contributed by atoms with E-state index in [0.717, 1.165) is 5.56 Å². The quantitative estimate of drug-likeness (QED) is 0.828. The Hall–Kier alpha value is -1.73. The highest BCUT2D eigenvalue weighted by Crippen LogP contribution is 2.43. The summed E-state index contributed by atoms with van der Waals surface area (Å²) in [6, 6.07) is 5.52. The standard InChI is InChI=1S/C18H28BNO5/c1-12(21)20-18(6,19-24-16(2,3)17(4,5)25-19)13-9-10-14(22-7)15(11-13)23-8/h9-11H,1-8H3,(H,20,21). The number of carbonyl (C=O) groups is 1. The maximum atomic E-state index is 11.9. The van der Waals surface area contributed by atoms with Gasteiger partial charge in [-0.3, -0.25) is 4.79 Å². The molecule has 1 N–H and O–H groups in total. The zero-order valence-corrected chi connectivity index (χ0v) is 16.4. The van der Waals surface area contributed by atoms with Crippen LogP contribution < -0.4 is 14.8 Å². The fourth-order valence-corrected chi connectivity index (χ4v) is 2.87. The summed E-state index contributed by atoms with van der Waals surface area (Å²) in [6.45, 7) is 11.3. The van der Waals surface area contributed by atoms with Gasteiger partial charge in [0.1, 0.15) is 0 Å². The second-order valence-electron chi connectivity index (χ2n) is 7.54. The van der Waals surface area contributed by atoms with Crippen molar-refractivity contribution in [3.05, 3.63) is 23.8 Å². The van der Waals surface area contributed by atoms with Crippen LogP contribution in [0.1, 0.15) is 47.1 Å². The van der Waals surface area contributed by atoms with Gasteiger partial charge in [-0.2, -0.15) is 0 Å². The normalized spacial score (nSPS) is 20.7. The predicted octanol–water partition coefficient (Wildman–Crippen LogP) is 2.69. The van der Waals surface area contributed by atoms with E-state index >= 15 is 0 Å². The maximum Gasteiger partial charge on any atom is 0.489 e. The van der Waals surface area contributed by atoms with Gasteiger partial charge in [-0.05, 0) is 52.3 Å². The molecular weight excluding hydrogens is 321 g/mol. The van der Waals surface area contributed by atoms with Crippen LogP contribution in [-0.4, -0.2) is 38.4 Å². The Morgan fingerprint density at radius 1 is 1.08 bits per heavy atom. The molecule has 1 aromatic carbocycles. The number of ether oxygens (including phenoxy) is 2. The second kappa shape index (κ2) is 6.54. The van der Waals surface area contributed by atoms with Crippen LogP contribution in [0, 0.1) is 0 Å². The minimum absolute atomic E-state index is 0.174. The average molecular weight is 349 g/mol. The zero-order chi connectivity index (χ0) is 19.0. The molecule has 0 spiro atoms. The lowest BCUT2D eigenvalue weighted by atomic mass is 9.61. The lowest BCUT2D eigenvalue weighted by Crippen LogP contribution is -2.55. The Kier molecular flexibility index (Phi) is 5.12. The molecule has 0 saturated carbocycles. The smallest absolute Gasteiger partial charge is 0.489 e. The van der Waals surface area contributed by atoms with Crippen LogP contribution >= 0.6 is 0 Å². The van der Waals surface area contributed by atoms with Gasteiger partial charge in [0.15, 0.2) is 11.5 Å². The molecule has 1 aliphatic rings. The fourth-order valence-electron chi connectivity index (χ4n) is 2.87. The third kappa shape index (κ3) is 3.48. The molecule has 1 atom stereocenters. The first kappa shape index (κ1) is 19.6. The molecule has 6 nitrogen and oxygen atoms in total. The number of hydrogen-bond donors (Lipinski definition) is 1. The summed E-state index contributed by atoms with van der Waals surface area (Å²) in [7, 11) is 2.50. The van der Waals surface area contributed by atoms with Crippen molar-refractivity contribution in [2.45, 2.75) is 58.2 Å². The summed E-state index contributed by atoms with van der Waals surface area (Å²) in [6.07, 6.45) is 0. The maximum absolute atomic E-state index is 11.9. The van der Waals surface area contributed by atoms with Crippen molar-refractivity contribution in [3.63, 3.8) is 0 Å².